The summed E-state index contributed by atoms with van der Waals surface area (Å²) < 4.78 is 5.28. The minimum absolute atomic E-state index is 0.0619. The molecule has 1 atom stereocenters. The molecule has 1 saturated heterocycles. The monoisotopic (exact) mass is 251 g/mol. The van der Waals surface area contributed by atoms with Crippen LogP contribution in [0.25, 0.3) is 0 Å². The SMILES string of the molecule is Nc1ccc([N+](=O)[O-])c(NCC[C@H]2CCOC2)c1. The zero-order valence-electron chi connectivity index (χ0n) is 10.1. The first-order valence-corrected chi connectivity index (χ1v) is 6.02. The van der Waals surface area contributed by atoms with Crippen molar-refractivity contribution < 1.29 is 9.66 Å². The summed E-state index contributed by atoms with van der Waals surface area (Å²) in [6.45, 7) is 2.31. The van der Waals surface area contributed by atoms with Gasteiger partial charge in [-0.25, -0.2) is 0 Å². The number of ether oxygens (including phenoxy) is 1. The first-order valence-electron chi connectivity index (χ1n) is 6.02. The summed E-state index contributed by atoms with van der Waals surface area (Å²) in [5.41, 5.74) is 6.71. The Morgan fingerprint density at radius 3 is 3.06 bits per heavy atom. The largest absolute Gasteiger partial charge is 0.399 e. The number of nitrogens with zero attached hydrogens (tertiary/aromatic N) is 1. The third-order valence-electron chi connectivity index (χ3n) is 3.11. The highest BCUT2D eigenvalue weighted by Gasteiger charge is 2.17. The van der Waals surface area contributed by atoms with E-state index in [1.165, 1.54) is 12.1 Å². The number of nitrogens with one attached hydrogen (secondary N) is 1. The number of nitro benzene ring substituents is 1. The maximum absolute atomic E-state index is 10.9. The number of benzene rings is 1. The van der Waals surface area contributed by atoms with Gasteiger partial charge in [0.2, 0.25) is 0 Å². The minimum atomic E-state index is -0.402. The third kappa shape index (κ3) is 3.10. The van der Waals surface area contributed by atoms with Crippen LogP contribution in [0.4, 0.5) is 17.1 Å². The molecule has 0 unspecified atom stereocenters. The molecule has 0 radical (unpaired) electrons. The number of hydrogen-bond donors (Lipinski definition) is 2. The van der Waals surface area contributed by atoms with Crippen molar-refractivity contribution in [3.8, 4) is 0 Å². The van der Waals surface area contributed by atoms with Crippen LogP contribution in [0, 0.1) is 16.0 Å². The lowest BCUT2D eigenvalue weighted by Gasteiger charge is -2.10. The third-order valence-corrected chi connectivity index (χ3v) is 3.11. The van der Waals surface area contributed by atoms with Crippen LogP contribution in [0.3, 0.4) is 0 Å². The molecule has 0 aromatic heterocycles. The fourth-order valence-electron chi connectivity index (χ4n) is 2.08. The van der Waals surface area contributed by atoms with Gasteiger partial charge < -0.3 is 15.8 Å². The van der Waals surface area contributed by atoms with Gasteiger partial charge in [0.15, 0.2) is 0 Å². The Kier molecular flexibility index (Phi) is 3.99. The molecule has 1 aliphatic rings. The topological polar surface area (TPSA) is 90.4 Å². The Labute approximate surface area is 105 Å². The Balaban J connectivity index is 1.94. The number of rotatable bonds is 5. The van der Waals surface area contributed by atoms with Crippen molar-refractivity contribution in [1.82, 2.24) is 0 Å². The standard InChI is InChI=1S/C12H17N3O3/c13-10-1-2-12(15(16)17)11(7-10)14-5-3-9-4-6-18-8-9/h1-2,7,9,14H,3-6,8,13H2/t9-/m0/s1. The molecule has 1 aliphatic heterocycles. The molecule has 3 N–H and O–H groups in total. The summed E-state index contributed by atoms with van der Waals surface area (Å²) in [6, 6.07) is 4.56. The van der Waals surface area contributed by atoms with Gasteiger partial charge >= 0.3 is 0 Å². The van der Waals surface area contributed by atoms with Gasteiger partial charge in [-0.1, -0.05) is 0 Å². The Bertz CT molecular complexity index is 431. The van der Waals surface area contributed by atoms with Crippen LogP contribution in [0.2, 0.25) is 0 Å². The molecule has 0 amide bonds. The van der Waals surface area contributed by atoms with E-state index in [2.05, 4.69) is 5.32 Å². The van der Waals surface area contributed by atoms with Gasteiger partial charge in [0.05, 0.1) is 4.92 Å². The molecular weight excluding hydrogens is 234 g/mol. The summed E-state index contributed by atoms with van der Waals surface area (Å²) in [6.07, 6.45) is 2.02. The van der Waals surface area contributed by atoms with Crippen LogP contribution in [-0.2, 0) is 4.74 Å². The summed E-state index contributed by atoms with van der Waals surface area (Å²) in [7, 11) is 0. The van der Waals surface area contributed by atoms with E-state index >= 15 is 0 Å². The van der Waals surface area contributed by atoms with Crippen molar-refractivity contribution in [2.75, 3.05) is 30.8 Å². The quantitative estimate of drug-likeness (QED) is 0.474. The second kappa shape index (κ2) is 5.68. The van der Waals surface area contributed by atoms with Gasteiger partial charge in [0, 0.05) is 31.5 Å². The van der Waals surface area contributed by atoms with E-state index in [1.807, 2.05) is 0 Å². The average molecular weight is 251 g/mol. The van der Waals surface area contributed by atoms with Crippen molar-refractivity contribution in [2.24, 2.45) is 5.92 Å². The van der Waals surface area contributed by atoms with Crippen LogP contribution in [-0.4, -0.2) is 24.7 Å². The lowest BCUT2D eigenvalue weighted by Crippen LogP contribution is -2.10. The molecule has 0 bridgehead atoms. The van der Waals surface area contributed by atoms with Gasteiger partial charge in [-0.05, 0) is 30.9 Å². The number of nitro groups is 1. The predicted molar refractivity (Wildman–Crippen MR) is 69.5 cm³/mol. The predicted octanol–water partition coefficient (Wildman–Crippen LogP) is 2.02. The molecule has 1 heterocycles. The van der Waals surface area contributed by atoms with E-state index in [9.17, 15) is 10.1 Å². The van der Waals surface area contributed by atoms with E-state index in [-0.39, 0.29) is 5.69 Å². The van der Waals surface area contributed by atoms with Crippen LogP contribution in [0.15, 0.2) is 18.2 Å². The molecule has 0 saturated carbocycles. The molecule has 6 heteroatoms. The lowest BCUT2D eigenvalue weighted by molar-refractivity contribution is -0.383. The average Bonchev–Trinajstić information content (AvgIpc) is 2.82. The highest BCUT2D eigenvalue weighted by molar-refractivity contribution is 5.67. The molecule has 1 aromatic carbocycles. The summed E-state index contributed by atoms with van der Waals surface area (Å²) in [4.78, 5) is 10.5. The van der Waals surface area contributed by atoms with Gasteiger partial charge in [-0.15, -0.1) is 0 Å². The fraction of sp³-hybridized carbons (Fsp3) is 0.500. The van der Waals surface area contributed by atoms with Gasteiger partial charge in [-0.2, -0.15) is 0 Å². The normalized spacial score (nSPS) is 18.8. The molecule has 18 heavy (non-hydrogen) atoms. The van der Waals surface area contributed by atoms with E-state index in [1.54, 1.807) is 6.07 Å². The Morgan fingerprint density at radius 1 is 1.56 bits per heavy atom. The molecule has 1 fully saturated rings. The van der Waals surface area contributed by atoms with E-state index in [0.717, 1.165) is 26.1 Å². The number of hydrogen-bond acceptors (Lipinski definition) is 5. The Hall–Kier alpha value is -1.82. The van der Waals surface area contributed by atoms with Crippen LogP contribution in [0.5, 0.6) is 0 Å². The molecule has 98 valence electrons. The summed E-state index contributed by atoms with van der Waals surface area (Å²) in [5, 5.41) is 13.9. The summed E-state index contributed by atoms with van der Waals surface area (Å²) in [5.74, 6) is 0.553. The number of anilines is 2. The van der Waals surface area contributed by atoms with Crippen LogP contribution >= 0.6 is 0 Å². The first kappa shape index (κ1) is 12.6. The van der Waals surface area contributed by atoms with Crippen molar-refractivity contribution in [1.29, 1.82) is 0 Å². The van der Waals surface area contributed by atoms with Crippen molar-refractivity contribution in [3.63, 3.8) is 0 Å². The van der Waals surface area contributed by atoms with Gasteiger partial charge in [0.25, 0.3) is 5.69 Å². The molecule has 1 aromatic rings. The van der Waals surface area contributed by atoms with E-state index in [4.69, 9.17) is 10.5 Å². The molecule has 6 nitrogen and oxygen atoms in total. The maximum Gasteiger partial charge on any atom is 0.292 e. The highest BCUT2D eigenvalue weighted by atomic mass is 16.6. The van der Waals surface area contributed by atoms with Crippen molar-refractivity contribution >= 4 is 17.1 Å². The first-order chi connectivity index (χ1) is 8.66. The maximum atomic E-state index is 10.9. The van der Waals surface area contributed by atoms with Crippen molar-refractivity contribution in [3.05, 3.63) is 28.3 Å². The fourth-order valence-corrected chi connectivity index (χ4v) is 2.08. The molecular formula is C12H17N3O3. The summed E-state index contributed by atoms with van der Waals surface area (Å²) >= 11 is 0. The lowest BCUT2D eigenvalue weighted by atomic mass is 10.1. The number of nitrogen functional groups attached to an aromatic ring is 1. The van der Waals surface area contributed by atoms with Crippen molar-refractivity contribution in [2.45, 2.75) is 12.8 Å². The van der Waals surface area contributed by atoms with Crippen LogP contribution < -0.4 is 11.1 Å². The van der Waals surface area contributed by atoms with Gasteiger partial charge in [-0.3, -0.25) is 10.1 Å². The van der Waals surface area contributed by atoms with E-state index in [0.29, 0.717) is 23.8 Å². The minimum Gasteiger partial charge on any atom is -0.399 e. The van der Waals surface area contributed by atoms with Gasteiger partial charge in [0.1, 0.15) is 5.69 Å². The smallest absolute Gasteiger partial charge is 0.292 e. The second-order valence-corrected chi connectivity index (χ2v) is 4.48. The molecule has 0 spiro atoms. The van der Waals surface area contributed by atoms with E-state index < -0.39 is 4.92 Å². The second-order valence-electron chi connectivity index (χ2n) is 4.48. The number of nitrogens with two attached hydrogens (primary N) is 1. The highest BCUT2D eigenvalue weighted by Crippen LogP contribution is 2.27. The zero-order chi connectivity index (χ0) is 13.0. The molecule has 0 aliphatic carbocycles. The van der Waals surface area contributed by atoms with Crippen LogP contribution in [0.1, 0.15) is 12.8 Å². The zero-order valence-corrected chi connectivity index (χ0v) is 10.1. The molecule has 2 rings (SSSR count). The Morgan fingerprint density at radius 2 is 2.39 bits per heavy atom.